The van der Waals surface area contributed by atoms with Crippen LogP contribution in [0.25, 0.3) is 0 Å². The van der Waals surface area contributed by atoms with Gasteiger partial charge < -0.3 is 5.32 Å². The standard InChI is InChI=1S/C25H27F3N4O/c1-24(2,3)32-14-13-20(31-32)19-15-21(23(33)29-18-7-5-4-6-8-18)30-22(19)16-9-11-17(12-10-16)25(26,27)28/h4-14,19,21-22,30H,15H2,1-3H3,(H,29,33)/t19-,21-,22-/m0/s1. The second kappa shape index (κ2) is 8.67. The Hall–Kier alpha value is -3.13. The lowest BCUT2D eigenvalue weighted by Crippen LogP contribution is -2.36. The normalized spacial score (nSPS) is 21.2. The van der Waals surface area contributed by atoms with E-state index in [1.54, 1.807) is 0 Å². The fraction of sp³-hybridized carbons (Fsp3) is 0.360. The number of carbonyl (C=O) groups excluding carboxylic acids is 1. The van der Waals surface area contributed by atoms with Gasteiger partial charge in [0.1, 0.15) is 0 Å². The van der Waals surface area contributed by atoms with Gasteiger partial charge in [-0.05, 0) is 63.1 Å². The van der Waals surface area contributed by atoms with Gasteiger partial charge in [-0.1, -0.05) is 30.3 Å². The molecule has 2 heterocycles. The summed E-state index contributed by atoms with van der Waals surface area (Å²) in [6.07, 6.45) is -2.02. The van der Waals surface area contributed by atoms with Crippen molar-refractivity contribution in [2.24, 2.45) is 0 Å². The van der Waals surface area contributed by atoms with E-state index in [0.717, 1.165) is 17.8 Å². The van der Waals surface area contributed by atoms with E-state index < -0.39 is 17.8 Å². The Morgan fingerprint density at radius 3 is 2.27 bits per heavy atom. The van der Waals surface area contributed by atoms with Gasteiger partial charge in [-0.15, -0.1) is 0 Å². The Kier molecular flexibility index (Phi) is 6.05. The van der Waals surface area contributed by atoms with Crippen LogP contribution in [0.3, 0.4) is 0 Å². The van der Waals surface area contributed by atoms with E-state index in [1.807, 2.05) is 68.0 Å². The second-order valence-electron chi connectivity index (χ2n) is 9.37. The van der Waals surface area contributed by atoms with Crippen LogP contribution in [0, 0.1) is 0 Å². The van der Waals surface area contributed by atoms with Gasteiger partial charge in [-0.3, -0.25) is 14.8 Å². The molecule has 0 bridgehead atoms. The number of alkyl halides is 3. The molecule has 1 aliphatic rings. The van der Waals surface area contributed by atoms with Gasteiger partial charge in [0.25, 0.3) is 0 Å². The van der Waals surface area contributed by atoms with Crippen molar-refractivity contribution in [3.8, 4) is 0 Å². The number of benzene rings is 2. The average molecular weight is 457 g/mol. The van der Waals surface area contributed by atoms with Gasteiger partial charge in [-0.2, -0.15) is 18.3 Å². The van der Waals surface area contributed by atoms with Crippen molar-refractivity contribution in [3.63, 3.8) is 0 Å². The van der Waals surface area contributed by atoms with E-state index in [-0.39, 0.29) is 23.4 Å². The molecule has 174 valence electrons. The molecule has 33 heavy (non-hydrogen) atoms. The van der Waals surface area contributed by atoms with Crippen molar-refractivity contribution in [2.75, 3.05) is 5.32 Å². The third kappa shape index (κ3) is 5.11. The molecule has 4 rings (SSSR count). The molecule has 1 amide bonds. The molecule has 0 radical (unpaired) electrons. The zero-order valence-electron chi connectivity index (χ0n) is 18.7. The van der Waals surface area contributed by atoms with Crippen LogP contribution in [0.2, 0.25) is 0 Å². The van der Waals surface area contributed by atoms with Crippen molar-refractivity contribution < 1.29 is 18.0 Å². The molecule has 1 aliphatic heterocycles. The summed E-state index contributed by atoms with van der Waals surface area (Å²) < 4.78 is 41.0. The first-order valence-electron chi connectivity index (χ1n) is 10.9. The highest BCUT2D eigenvalue weighted by Crippen LogP contribution is 2.41. The molecule has 0 unspecified atom stereocenters. The minimum Gasteiger partial charge on any atom is -0.325 e. The number of nitrogens with zero attached hydrogens (tertiary/aromatic N) is 2. The first-order valence-corrected chi connectivity index (χ1v) is 10.9. The molecule has 1 fully saturated rings. The monoisotopic (exact) mass is 456 g/mol. The van der Waals surface area contributed by atoms with Gasteiger partial charge in [-0.25, -0.2) is 0 Å². The molecule has 1 saturated heterocycles. The zero-order valence-corrected chi connectivity index (χ0v) is 18.7. The Balaban J connectivity index is 1.62. The Bertz CT molecular complexity index is 1100. The topological polar surface area (TPSA) is 59.0 Å². The Labute approximate surface area is 191 Å². The predicted molar refractivity (Wildman–Crippen MR) is 121 cm³/mol. The molecular formula is C25H27F3N4O. The molecule has 3 aromatic rings. The van der Waals surface area contributed by atoms with Crippen LogP contribution < -0.4 is 10.6 Å². The molecule has 5 nitrogen and oxygen atoms in total. The maximum absolute atomic E-state index is 13.0. The van der Waals surface area contributed by atoms with Crippen LogP contribution >= 0.6 is 0 Å². The molecule has 0 aliphatic carbocycles. The number of hydrogen-bond donors (Lipinski definition) is 2. The Morgan fingerprint density at radius 2 is 1.70 bits per heavy atom. The van der Waals surface area contributed by atoms with Crippen LogP contribution in [0.1, 0.15) is 56.0 Å². The van der Waals surface area contributed by atoms with E-state index in [9.17, 15) is 18.0 Å². The number of amides is 1. The number of hydrogen-bond acceptors (Lipinski definition) is 3. The molecule has 3 atom stereocenters. The number of halogens is 3. The lowest BCUT2D eigenvalue weighted by molar-refractivity contribution is -0.137. The highest BCUT2D eigenvalue weighted by Gasteiger charge is 2.41. The number of aromatic nitrogens is 2. The van der Waals surface area contributed by atoms with Crippen LogP contribution in [-0.4, -0.2) is 21.7 Å². The first-order chi connectivity index (χ1) is 15.5. The van der Waals surface area contributed by atoms with E-state index in [4.69, 9.17) is 5.10 Å². The maximum atomic E-state index is 13.0. The van der Waals surface area contributed by atoms with Crippen molar-refractivity contribution >= 4 is 11.6 Å². The molecule has 1 aromatic heterocycles. The highest BCUT2D eigenvalue weighted by atomic mass is 19.4. The summed E-state index contributed by atoms with van der Waals surface area (Å²) in [5, 5.41) is 11.0. The van der Waals surface area contributed by atoms with E-state index in [0.29, 0.717) is 17.7 Å². The lowest BCUT2D eigenvalue weighted by Gasteiger charge is -2.21. The van der Waals surface area contributed by atoms with Crippen molar-refractivity contribution in [3.05, 3.63) is 83.7 Å². The largest absolute Gasteiger partial charge is 0.416 e. The summed E-state index contributed by atoms with van der Waals surface area (Å²) in [7, 11) is 0. The van der Waals surface area contributed by atoms with Gasteiger partial charge in [0, 0.05) is 23.8 Å². The van der Waals surface area contributed by atoms with Gasteiger partial charge in [0.15, 0.2) is 0 Å². The second-order valence-corrected chi connectivity index (χ2v) is 9.37. The van der Waals surface area contributed by atoms with Crippen LogP contribution in [0.15, 0.2) is 66.9 Å². The van der Waals surface area contributed by atoms with Crippen molar-refractivity contribution in [1.82, 2.24) is 15.1 Å². The van der Waals surface area contributed by atoms with Crippen LogP contribution in [0.5, 0.6) is 0 Å². The minimum absolute atomic E-state index is 0.170. The maximum Gasteiger partial charge on any atom is 0.416 e. The van der Waals surface area contributed by atoms with Crippen LogP contribution in [0.4, 0.5) is 18.9 Å². The molecular weight excluding hydrogens is 429 g/mol. The van der Waals surface area contributed by atoms with Crippen LogP contribution in [-0.2, 0) is 16.5 Å². The summed E-state index contributed by atoms with van der Waals surface area (Å²) in [5.74, 6) is -0.354. The SMILES string of the molecule is CC(C)(C)n1ccc([C@@H]2C[C@@H](C(=O)Nc3ccccc3)N[C@H]2c2ccc(C(F)(F)F)cc2)n1. The lowest BCUT2D eigenvalue weighted by atomic mass is 9.90. The Morgan fingerprint density at radius 1 is 1.03 bits per heavy atom. The highest BCUT2D eigenvalue weighted by molar-refractivity contribution is 5.95. The molecule has 2 aromatic carbocycles. The predicted octanol–water partition coefficient (Wildman–Crippen LogP) is 5.48. The quantitative estimate of drug-likeness (QED) is 0.546. The van der Waals surface area contributed by atoms with E-state index >= 15 is 0 Å². The van der Waals surface area contributed by atoms with E-state index in [2.05, 4.69) is 10.6 Å². The van der Waals surface area contributed by atoms with Crippen molar-refractivity contribution in [1.29, 1.82) is 0 Å². The molecule has 0 spiro atoms. The molecule has 0 saturated carbocycles. The summed E-state index contributed by atoms with van der Waals surface area (Å²) >= 11 is 0. The average Bonchev–Trinajstić information content (AvgIpc) is 3.41. The zero-order chi connectivity index (χ0) is 23.8. The summed E-state index contributed by atoms with van der Waals surface area (Å²) in [6, 6.07) is 15.3. The minimum atomic E-state index is -4.40. The first kappa shape index (κ1) is 23.0. The third-order valence-corrected chi connectivity index (χ3v) is 5.90. The molecule has 2 N–H and O–H groups in total. The smallest absolute Gasteiger partial charge is 0.325 e. The fourth-order valence-electron chi connectivity index (χ4n) is 4.13. The summed E-state index contributed by atoms with van der Waals surface area (Å²) in [5.41, 5.74) is 1.27. The third-order valence-electron chi connectivity index (χ3n) is 5.90. The summed E-state index contributed by atoms with van der Waals surface area (Å²) in [4.78, 5) is 13.0. The number of rotatable bonds is 4. The van der Waals surface area contributed by atoms with Gasteiger partial charge in [0.2, 0.25) is 5.91 Å². The summed E-state index contributed by atoms with van der Waals surface area (Å²) in [6.45, 7) is 6.13. The van der Waals surface area contributed by atoms with Crippen molar-refractivity contribution in [2.45, 2.75) is 56.9 Å². The van der Waals surface area contributed by atoms with Gasteiger partial charge >= 0.3 is 6.18 Å². The number of nitrogens with one attached hydrogen (secondary N) is 2. The number of para-hydroxylation sites is 1. The molecule has 8 heteroatoms. The fourth-order valence-corrected chi connectivity index (χ4v) is 4.13. The van der Waals surface area contributed by atoms with E-state index in [1.165, 1.54) is 12.1 Å². The number of carbonyl (C=O) groups is 1. The van der Waals surface area contributed by atoms with Gasteiger partial charge in [0.05, 0.1) is 22.8 Å². The number of anilines is 1.